The van der Waals surface area contributed by atoms with Crippen LogP contribution in [0.4, 0.5) is 4.39 Å². The van der Waals surface area contributed by atoms with Gasteiger partial charge in [0.2, 0.25) is 0 Å². The Labute approximate surface area is 205 Å². The van der Waals surface area contributed by atoms with Crippen molar-refractivity contribution in [2.75, 3.05) is 45.6 Å². The van der Waals surface area contributed by atoms with E-state index in [1.54, 1.807) is 19.2 Å². The van der Waals surface area contributed by atoms with Crippen LogP contribution in [0.15, 0.2) is 29.3 Å². The molecule has 0 bridgehead atoms. The molecule has 1 aromatic rings. The number of halogens is 2. The third-order valence-corrected chi connectivity index (χ3v) is 7.77. The molecule has 0 spiro atoms. The molecule has 1 saturated heterocycles. The van der Waals surface area contributed by atoms with Crippen molar-refractivity contribution in [2.24, 2.45) is 4.99 Å². The third-order valence-electron chi connectivity index (χ3n) is 6.03. The van der Waals surface area contributed by atoms with Gasteiger partial charge < -0.3 is 15.4 Å². The highest BCUT2D eigenvalue weighted by Gasteiger charge is 2.27. The largest absolute Gasteiger partial charge is 0.379 e. The fourth-order valence-corrected chi connectivity index (χ4v) is 5.74. The molecule has 3 rings (SSSR count). The molecule has 31 heavy (non-hydrogen) atoms. The van der Waals surface area contributed by atoms with Gasteiger partial charge in [-0.05, 0) is 37.0 Å². The summed E-state index contributed by atoms with van der Waals surface area (Å²) in [6, 6.07) is 7.15. The number of nitrogens with zero attached hydrogens (tertiary/aromatic N) is 2. The van der Waals surface area contributed by atoms with Crippen LogP contribution in [0, 0.1) is 5.82 Å². The number of nitrogens with one attached hydrogen (secondary N) is 2. The van der Waals surface area contributed by atoms with Crippen LogP contribution in [0.3, 0.4) is 0 Å². The molecule has 2 aliphatic rings. The molecule has 9 heteroatoms. The first-order valence-corrected chi connectivity index (χ1v) is 12.4. The highest BCUT2D eigenvalue weighted by Crippen LogP contribution is 2.24. The van der Waals surface area contributed by atoms with Crippen LogP contribution in [-0.2, 0) is 15.5 Å². The van der Waals surface area contributed by atoms with Crippen LogP contribution >= 0.6 is 24.0 Å². The normalized spacial score (nSPS) is 24.7. The summed E-state index contributed by atoms with van der Waals surface area (Å²) in [5.74, 6) is 1.25. The van der Waals surface area contributed by atoms with E-state index < -0.39 is 10.8 Å². The van der Waals surface area contributed by atoms with Gasteiger partial charge in [-0.15, -0.1) is 24.0 Å². The molecule has 0 radical (unpaired) electrons. The fraction of sp³-hybridized carbons (Fsp3) is 0.682. The van der Waals surface area contributed by atoms with Gasteiger partial charge in [-0.2, -0.15) is 0 Å². The zero-order valence-electron chi connectivity index (χ0n) is 18.5. The molecule has 0 amide bonds. The summed E-state index contributed by atoms with van der Waals surface area (Å²) in [6.45, 7) is 5.64. The van der Waals surface area contributed by atoms with E-state index in [2.05, 4.69) is 20.5 Å². The molecule has 1 aliphatic heterocycles. The summed E-state index contributed by atoms with van der Waals surface area (Å²) in [7, 11) is 1.02. The number of hydrogen-bond donors (Lipinski definition) is 2. The molecule has 0 aromatic heterocycles. The first-order valence-electron chi connectivity index (χ1n) is 11.0. The topological polar surface area (TPSA) is 66.0 Å². The van der Waals surface area contributed by atoms with E-state index in [9.17, 15) is 8.60 Å². The number of morpholine rings is 1. The fourth-order valence-electron chi connectivity index (χ4n) is 4.39. The molecule has 4 atom stereocenters. The third kappa shape index (κ3) is 7.94. The van der Waals surface area contributed by atoms with Crippen LogP contribution in [0.2, 0.25) is 0 Å². The van der Waals surface area contributed by atoms with Crippen molar-refractivity contribution in [3.05, 3.63) is 35.6 Å². The van der Waals surface area contributed by atoms with E-state index in [-0.39, 0.29) is 47.1 Å². The monoisotopic (exact) mass is 566 g/mol. The van der Waals surface area contributed by atoms with Gasteiger partial charge in [0.25, 0.3) is 0 Å². The van der Waals surface area contributed by atoms with Crippen molar-refractivity contribution in [3.63, 3.8) is 0 Å². The first kappa shape index (κ1) is 26.5. The summed E-state index contributed by atoms with van der Waals surface area (Å²) < 4.78 is 31.6. The molecule has 176 valence electrons. The molecule has 6 nitrogen and oxygen atoms in total. The maximum Gasteiger partial charge on any atom is 0.191 e. The van der Waals surface area contributed by atoms with Gasteiger partial charge in [0.15, 0.2) is 5.96 Å². The molecule has 2 fully saturated rings. The van der Waals surface area contributed by atoms with Gasteiger partial charge >= 0.3 is 0 Å². The number of hydrogen-bond acceptors (Lipinski definition) is 4. The minimum Gasteiger partial charge on any atom is -0.379 e. The Morgan fingerprint density at radius 2 is 2.13 bits per heavy atom. The Bertz CT molecular complexity index is 733. The average Bonchev–Trinajstić information content (AvgIpc) is 2.79. The second kappa shape index (κ2) is 13.7. The quantitative estimate of drug-likeness (QED) is 0.302. The Morgan fingerprint density at radius 3 is 2.81 bits per heavy atom. The second-order valence-electron chi connectivity index (χ2n) is 7.97. The lowest BCUT2D eigenvalue weighted by molar-refractivity contribution is 0.0169. The number of benzene rings is 1. The van der Waals surface area contributed by atoms with Gasteiger partial charge in [0.05, 0.1) is 19.3 Å². The van der Waals surface area contributed by atoms with Gasteiger partial charge in [0.1, 0.15) is 5.82 Å². The first-order chi connectivity index (χ1) is 14.6. The van der Waals surface area contributed by atoms with Gasteiger partial charge in [0, 0.05) is 54.5 Å². The lowest BCUT2D eigenvalue weighted by Crippen LogP contribution is -2.49. The summed E-state index contributed by atoms with van der Waals surface area (Å²) in [5, 5.41) is 7.24. The molecule has 1 saturated carbocycles. The lowest BCUT2D eigenvalue weighted by Gasteiger charge is -2.35. The number of ether oxygens (including phenoxy) is 1. The van der Waals surface area contributed by atoms with Gasteiger partial charge in [-0.25, -0.2) is 4.39 Å². The Kier molecular flexibility index (Phi) is 11.7. The Morgan fingerprint density at radius 1 is 1.35 bits per heavy atom. The Balaban J connectivity index is 0.00000341. The smallest absolute Gasteiger partial charge is 0.191 e. The second-order valence-corrected chi connectivity index (χ2v) is 9.98. The van der Waals surface area contributed by atoms with Crippen molar-refractivity contribution in [1.82, 2.24) is 15.5 Å². The highest BCUT2D eigenvalue weighted by molar-refractivity contribution is 14.0. The number of guanidine groups is 1. The van der Waals surface area contributed by atoms with Crippen molar-refractivity contribution in [3.8, 4) is 0 Å². The highest BCUT2D eigenvalue weighted by atomic mass is 127. The summed E-state index contributed by atoms with van der Waals surface area (Å²) >= 11 is 0. The van der Waals surface area contributed by atoms with Crippen LogP contribution in [0.5, 0.6) is 0 Å². The minimum absolute atomic E-state index is 0. The average molecular weight is 567 g/mol. The van der Waals surface area contributed by atoms with Gasteiger partial charge in [-0.1, -0.05) is 25.5 Å². The maximum atomic E-state index is 13.9. The van der Waals surface area contributed by atoms with E-state index >= 15 is 0 Å². The van der Waals surface area contributed by atoms with E-state index in [4.69, 9.17) is 4.74 Å². The minimum atomic E-state index is -0.747. The van der Waals surface area contributed by atoms with Crippen molar-refractivity contribution < 1.29 is 13.3 Å². The zero-order valence-corrected chi connectivity index (χ0v) is 21.7. The van der Waals surface area contributed by atoms with E-state index in [0.717, 1.165) is 56.0 Å². The molecular weight excluding hydrogens is 530 g/mol. The SMILES string of the molecule is CCS(=O)C1CCCC(NC(=NC)NCC(c2cccc(F)c2)N2CCOCC2)C1.I. The molecule has 4 unspecified atom stereocenters. The van der Waals surface area contributed by atoms with Crippen molar-refractivity contribution in [2.45, 2.75) is 49.9 Å². The van der Waals surface area contributed by atoms with Crippen molar-refractivity contribution in [1.29, 1.82) is 0 Å². The molecule has 1 aromatic carbocycles. The van der Waals surface area contributed by atoms with Gasteiger partial charge in [-0.3, -0.25) is 14.1 Å². The van der Waals surface area contributed by atoms with Crippen molar-refractivity contribution >= 4 is 40.7 Å². The summed E-state index contributed by atoms with van der Waals surface area (Å²) in [6.07, 6.45) is 4.11. The zero-order chi connectivity index (χ0) is 21.3. The Hall–Kier alpha value is -0.780. The number of rotatable bonds is 7. The predicted octanol–water partition coefficient (Wildman–Crippen LogP) is 3.06. The van der Waals surface area contributed by atoms with Crippen LogP contribution in [0.1, 0.15) is 44.2 Å². The standard InChI is InChI=1S/C22H35FN4O2S.HI/c1-3-30(28)20-9-5-8-19(15-20)26-22(24-2)25-16-21(27-10-12-29-13-11-27)17-6-4-7-18(23)14-17;/h4,6-7,14,19-21H,3,5,8-13,15-16H2,1-2H3,(H2,24,25,26);1H. The van der Waals surface area contributed by atoms with E-state index in [0.29, 0.717) is 19.8 Å². The lowest BCUT2D eigenvalue weighted by atomic mass is 9.95. The van der Waals surface area contributed by atoms with Crippen LogP contribution in [-0.4, -0.2) is 72.0 Å². The van der Waals surface area contributed by atoms with E-state index in [1.165, 1.54) is 6.07 Å². The van der Waals surface area contributed by atoms with Crippen LogP contribution in [0.25, 0.3) is 0 Å². The molecule has 2 N–H and O–H groups in total. The molecule has 1 heterocycles. The predicted molar refractivity (Wildman–Crippen MR) is 136 cm³/mol. The maximum absolute atomic E-state index is 13.9. The van der Waals surface area contributed by atoms with Crippen LogP contribution < -0.4 is 10.6 Å². The van der Waals surface area contributed by atoms with E-state index in [1.807, 2.05) is 13.0 Å². The number of aliphatic imine (C=N–C) groups is 1. The summed E-state index contributed by atoms with van der Waals surface area (Å²) in [5.41, 5.74) is 0.955. The summed E-state index contributed by atoms with van der Waals surface area (Å²) in [4.78, 5) is 6.73. The molecule has 1 aliphatic carbocycles. The molecular formula is C22H36FIN4O2S.